The first-order valence-corrected chi connectivity index (χ1v) is 5.37. The van der Waals surface area contributed by atoms with Crippen molar-refractivity contribution < 1.29 is 0 Å². The minimum absolute atomic E-state index is 0.494. The van der Waals surface area contributed by atoms with E-state index in [-0.39, 0.29) is 0 Å². The van der Waals surface area contributed by atoms with Crippen LogP contribution in [0.25, 0.3) is 0 Å². The van der Waals surface area contributed by atoms with Gasteiger partial charge in [0.05, 0.1) is 0 Å². The van der Waals surface area contributed by atoms with Crippen LogP contribution in [0.2, 0.25) is 0 Å². The molecule has 0 saturated carbocycles. The molecule has 1 unspecified atom stereocenters. The molecule has 68 valence electrons. The Hall–Kier alpha value is -0.0800. The molecule has 0 aromatic heterocycles. The van der Waals surface area contributed by atoms with Crippen LogP contribution in [-0.4, -0.2) is 29.6 Å². The minimum atomic E-state index is 0.494. The van der Waals surface area contributed by atoms with E-state index >= 15 is 0 Å². The largest absolute Gasteiger partial charge is 0.326 e. The summed E-state index contributed by atoms with van der Waals surface area (Å²) in [6.45, 7) is 1.33. The van der Waals surface area contributed by atoms with Gasteiger partial charge in [0.25, 0.3) is 0 Å². The Labute approximate surface area is 74.1 Å². The van der Waals surface area contributed by atoms with Crippen molar-refractivity contribution in [1.82, 2.24) is 4.90 Å². The highest BCUT2D eigenvalue weighted by Gasteiger charge is 2.48. The predicted molar refractivity (Wildman–Crippen MR) is 48.8 cm³/mol. The SMILES string of the molecule is N[C@@H]1CC[C@H]2C[C@@H]3CCCN2[C@@H]31. The van der Waals surface area contributed by atoms with Crippen LogP contribution in [-0.2, 0) is 0 Å². The van der Waals surface area contributed by atoms with Gasteiger partial charge >= 0.3 is 0 Å². The summed E-state index contributed by atoms with van der Waals surface area (Å²) in [4.78, 5) is 2.71. The fourth-order valence-corrected chi connectivity index (χ4v) is 3.73. The molecule has 3 aliphatic heterocycles. The van der Waals surface area contributed by atoms with Crippen LogP contribution in [0, 0.1) is 5.92 Å². The van der Waals surface area contributed by atoms with Gasteiger partial charge in [-0.15, -0.1) is 0 Å². The quantitative estimate of drug-likeness (QED) is 0.581. The van der Waals surface area contributed by atoms with Gasteiger partial charge < -0.3 is 5.73 Å². The van der Waals surface area contributed by atoms with Gasteiger partial charge in [-0.1, -0.05) is 0 Å². The number of nitrogens with zero attached hydrogens (tertiary/aromatic N) is 1. The van der Waals surface area contributed by atoms with Crippen molar-refractivity contribution in [3.8, 4) is 0 Å². The van der Waals surface area contributed by atoms with Gasteiger partial charge in [-0.05, 0) is 44.6 Å². The highest BCUT2D eigenvalue weighted by atomic mass is 15.3. The Kier molecular flexibility index (Phi) is 1.50. The summed E-state index contributed by atoms with van der Waals surface area (Å²) < 4.78 is 0. The predicted octanol–water partition coefficient (Wildman–Crippen LogP) is 0.960. The Morgan fingerprint density at radius 1 is 1.17 bits per heavy atom. The van der Waals surface area contributed by atoms with Gasteiger partial charge in [0, 0.05) is 18.1 Å². The zero-order valence-corrected chi connectivity index (χ0v) is 7.58. The highest BCUT2D eigenvalue weighted by Crippen LogP contribution is 2.44. The fourth-order valence-electron chi connectivity index (χ4n) is 3.73. The van der Waals surface area contributed by atoms with Crippen molar-refractivity contribution in [2.75, 3.05) is 6.54 Å². The molecule has 3 aliphatic rings. The normalized spacial score (nSPS) is 57.2. The maximum atomic E-state index is 6.16. The van der Waals surface area contributed by atoms with E-state index in [9.17, 15) is 0 Å². The number of hydrogen-bond donors (Lipinski definition) is 1. The van der Waals surface area contributed by atoms with Gasteiger partial charge in [0.15, 0.2) is 0 Å². The number of piperidine rings is 2. The molecule has 3 rings (SSSR count). The molecular weight excluding hydrogens is 148 g/mol. The van der Waals surface area contributed by atoms with E-state index in [0.29, 0.717) is 6.04 Å². The lowest BCUT2D eigenvalue weighted by molar-refractivity contribution is 0.0840. The number of nitrogens with two attached hydrogens (primary N) is 1. The van der Waals surface area contributed by atoms with Crippen molar-refractivity contribution in [2.24, 2.45) is 11.7 Å². The van der Waals surface area contributed by atoms with E-state index in [1.165, 1.54) is 38.6 Å². The standard InChI is InChI=1S/C10H18N2/c11-9-4-3-8-6-7-2-1-5-12(8)10(7)9/h7-10H,1-6,11H2/t7-,8-,9+,10-/m0/s1. The molecule has 3 saturated heterocycles. The topological polar surface area (TPSA) is 29.3 Å². The molecule has 3 heterocycles. The van der Waals surface area contributed by atoms with Crippen LogP contribution >= 0.6 is 0 Å². The van der Waals surface area contributed by atoms with Gasteiger partial charge in [-0.2, -0.15) is 0 Å². The van der Waals surface area contributed by atoms with Gasteiger partial charge in [-0.25, -0.2) is 0 Å². The average molecular weight is 166 g/mol. The van der Waals surface area contributed by atoms with Crippen LogP contribution < -0.4 is 5.73 Å². The van der Waals surface area contributed by atoms with Crippen molar-refractivity contribution in [3.63, 3.8) is 0 Å². The molecule has 2 nitrogen and oxygen atoms in total. The molecule has 0 aliphatic carbocycles. The molecule has 0 radical (unpaired) electrons. The zero-order valence-electron chi connectivity index (χ0n) is 7.58. The molecule has 0 aromatic rings. The van der Waals surface area contributed by atoms with E-state index in [2.05, 4.69) is 4.90 Å². The van der Waals surface area contributed by atoms with Gasteiger partial charge in [0.2, 0.25) is 0 Å². The molecule has 0 spiro atoms. The van der Waals surface area contributed by atoms with Crippen LogP contribution in [0.1, 0.15) is 32.1 Å². The summed E-state index contributed by atoms with van der Waals surface area (Å²) in [5.41, 5.74) is 6.16. The summed E-state index contributed by atoms with van der Waals surface area (Å²) in [6, 6.07) is 2.19. The maximum Gasteiger partial charge on any atom is 0.0278 e. The lowest BCUT2D eigenvalue weighted by atomic mass is 9.87. The zero-order chi connectivity index (χ0) is 8.13. The third-order valence-corrected chi connectivity index (χ3v) is 4.17. The number of rotatable bonds is 0. The summed E-state index contributed by atoms with van der Waals surface area (Å²) in [6.07, 6.45) is 6.98. The van der Waals surface area contributed by atoms with Crippen LogP contribution in [0.15, 0.2) is 0 Å². The Morgan fingerprint density at radius 2 is 2.08 bits per heavy atom. The first-order chi connectivity index (χ1) is 5.86. The molecule has 3 fully saturated rings. The monoisotopic (exact) mass is 166 g/mol. The average Bonchev–Trinajstić information content (AvgIpc) is 2.24. The molecule has 5 atom stereocenters. The molecule has 2 heteroatoms. The summed E-state index contributed by atoms with van der Waals surface area (Å²) >= 11 is 0. The van der Waals surface area contributed by atoms with E-state index in [1.54, 1.807) is 0 Å². The minimum Gasteiger partial charge on any atom is -0.326 e. The molecule has 2 N–H and O–H groups in total. The second-order valence-electron chi connectivity index (χ2n) is 4.76. The van der Waals surface area contributed by atoms with Crippen LogP contribution in [0.5, 0.6) is 0 Å². The molecule has 0 aromatic carbocycles. The first kappa shape index (κ1) is 7.34. The van der Waals surface area contributed by atoms with Crippen LogP contribution in [0.3, 0.4) is 0 Å². The molecule has 12 heavy (non-hydrogen) atoms. The van der Waals surface area contributed by atoms with Crippen molar-refractivity contribution >= 4 is 0 Å². The van der Waals surface area contributed by atoms with Crippen molar-refractivity contribution in [2.45, 2.75) is 50.2 Å². The van der Waals surface area contributed by atoms with Gasteiger partial charge in [-0.3, -0.25) is 4.90 Å². The third kappa shape index (κ3) is 0.826. The first-order valence-electron chi connectivity index (χ1n) is 5.37. The van der Waals surface area contributed by atoms with E-state index < -0.39 is 0 Å². The third-order valence-electron chi connectivity index (χ3n) is 4.17. The summed E-state index contributed by atoms with van der Waals surface area (Å²) in [7, 11) is 0. The molecule has 4 bridgehead atoms. The lowest BCUT2D eigenvalue weighted by Crippen LogP contribution is -2.54. The smallest absolute Gasteiger partial charge is 0.0278 e. The van der Waals surface area contributed by atoms with E-state index in [4.69, 9.17) is 5.73 Å². The maximum absolute atomic E-state index is 6.16. The molecule has 0 amide bonds. The van der Waals surface area contributed by atoms with E-state index in [0.717, 1.165) is 18.0 Å². The Bertz CT molecular complexity index is 192. The highest BCUT2D eigenvalue weighted by molar-refractivity contribution is 5.04. The lowest BCUT2D eigenvalue weighted by Gasteiger charge is -2.42. The van der Waals surface area contributed by atoms with E-state index in [1.807, 2.05) is 0 Å². The summed E-state index contributed by atoms with van der Waals surface area (Å²) in [5.74, 6) is 0.959. The van der Waals surface area contributed by atoms with Crippen molar-refractivity contribution in [3.05, 3.63) is 0 Å². The fraction of sp³-hybridized carbons (Fsp3) is 1.00. The Balaban J connectivity index is 1.92. The number of hydrogen-bond acceptors (Lipinski definition) is 2. The van der Waals surface area contributed by atoms with Crippen LogP contribution in [0.4, 0.5) is 0 Å². The second-order valence-corrected chi connectivity index (χ2v) is 4.76. The van der Waals surface area contributed by atoms with Gasteiger partial charge in [0.1, 0.15) is 0 Å². The molecular formula is C10H18N2. The van der Waals surface area contributed by atoms with Crippen molar-refractivity contribution in [1.29, 1.82) is 0 Å². The second kappa shape index (κ2) is 2.46. The Morgan fingerprint density at radius 3 is 2.92 bits per heavy atom. The summed E-state index contributed by atoms with van der Waals surface area (Å²) in [5, 5.41) is 0.